The van der Waals surface area contributed by atoms with Gasteiger partial charge in [0, 0.05) is 39.0 Å². The Balaban J connectivity index is 0.939. The zero-order chi connectivity index (χ0) is 43.8. The molecule has 1 aromatic heterocycles. The minimum atomic E-state index is 0.896. The summed E-state index contributed by atoms with van der Waals surface area (Å²) in [5.74, 6) is 0. The fourth-order valence-electron chi connectivity index (χ4n) is 9.66. The Morgan fingerprint density at radius 1 is 0.227 bits per heavy atom. The van der Waals surface area contributed by atoms with Gasteiger partial charge in [0.2, 0.25) is 0 Å². The first kappa shape index (κ1) is 38.9. The van der Waals surface area contributed by atoms with E-state index < -0.39 is 0 Å². The number of furan rings is 1. The minimum absolute atomic E-state index is 0.896. The molecule has 2 nitrogen and oxygen atoms in total. The molecule has 66 heavy (non-hydrogen) atoms. The van der Waals surface area contributed by atoms with E-state index in [2.05, 4.69) is 266 Å². The highest BCUT2D eigenvalue weighted by Gasteiger charge is 2.19. The van der Waals surface area contributed by atoms with Gasteiger partial charge in [0.05, 0.1) is 0 Å². The average molecular weight is 842 g/mol. The van der Waals surface area contributed by atoms with Crippen LogP contribution in [0.4, 0.5) is 17.1 Å². The Bertz CT molecular complexity index is 3660. The molecule has 12 rings (SSSR count). The van der Waals surface area contributed by atoms with Gasteiger partial charge < -0.3 is 9.32 Å². The first-order valence-electron chi connectivity index (χ1n) is 22.6. The number of para-hydroxylation sites is 2. The van der Waals surface area contributed by atoms with Gasteiger partial charge in [-0.25, -0.2) is 0 Å². The topological polar surface area (TPSA) is 16.4 Å². The molecule has 2 heteroatoms. The molecule has 0 fully saturated rings. The lowest BCUT2D eigenvalue weighted by atomic mass is 9.89. The van der Waals surface area contributed by atoms with Crippen molar-refractivity contribution in [2.45, 2.75) is 0 Å². The van der Waals surface area contributed by atoms with Crippen molar-refractivity contribution in [3.8, 4) is 66.8 Å². The van der Waals surface area contributed by atoms with Crippen LogP contribution >= 0.6 is 0 Å². The highest BCUT2D eigenvalue weighted by atomic mass is 16.3. The summed E-state index contributed by atoms with van der Waals surface area (Å²) in [4.78, 5) is 2.35. The number of anilines is 3. The molecule has 0 aliphatic carbocycles. The van der Waals surface area contributed by atoms with Crippen molar-refractivity contribution in [2.75, 3.05) is 4.90 Å². The lowest BCUT2D eigenvalue weighted by Gasteiger charge is -2.26. The fraction of sp³-hybridized carbons (Fsp3) is 0. The van der Waals surface area contributed by atoms with Gasteiger partial charge in [-0.1, -0.05) is 218 Å². The fourth-order valence-corrected chi connectivity index (χ4v) is 9.66. The van der Waals surface area contributed by atoms with Crippen molar-refractivity contribution < 1.29 is 4.42 Å². The zero-order valence-corrected chi connectivity index (χ0v) is 36.2. The van der Waals surface area contributed by atoms with Crippen LogP contribution in [-0.2, 0) is 0 Å². The van der Waals surface area contributed by atoms with Gasteiger partial charge in [0.25, 0.3) is 0 Å². The summed E-state index contributed by atoms with van der Waals surface area (Å²) in [7, 11) is 0. The van der Waals surface area contributed by atoms with E-state index in [0.717, 1.165) is 72.4 Å². The minimum Gasteiger partial charge on any atom is -0.455 e. The van der Waals surface area contributed by atoms with Crippen LogP contribution in [0, 0.1) is 0 Å². The standard InChI is InChI=1S/C64H43NO/c1-4-16-44(17-5-1)50-24-12-25-54(42-50)65(53-39-34-49(35-40-53)57-28-15-31-61-60-30-14-27-56(63(60)66-64(57)61)47-18-6-2-7-19-47)52-37-32-45(33-38-52)51-36-41-59(62(43-51)48-20-8-3-9-21-48)58-29-13-23-46-22-10-11-26-55(46)58/h1-43H. The van der Waals surface area contributed by atoms with Gasteiger partial charge in [0.15, 0.2) is 0 Å². The molecule has 0 radical (unpaired) electrons. The number of fused-ring (bicyclic) bond motifs is 4. The summed E-state index contributed by atoms with van der Waals surface area (Å²) in [6.45, 7) is 0. The average Bonchev–Trinajstić information content (AvgIpc) is 3.79. The predicted octanol–water partition coefficient (Wildman–Crippen LogP) is 18.2. The van der Waals surface area contributed by atoms with Crippen molar-refractivity contribution in [2.24, 2.45) is 0 Å². The van der Waals surface area contributed by atoms with Gasteiger partial charge in [-0.2, -0.15) is 0 Å². The van der Waals surface area contributed by atoms with Crippen molar-refractivity contribution in [1.29, 1.82) is 0 Å². The number of hydrogen-bond donors (Lipinski definition) is 0. The third kappa shape index (κ3) is 7.12. The molecule has 11 aromatic carbocycles. The summed E-state index contributed by atoms with van der Waals surface area (Å²) in [6.07, 6.45) is 0. The summed E-state index contributed by atoms with van der Waals surface area (Å²) in [5, 5.41) is 4.73. The van der Waals surface area contributed by atoms with E-state index in [9.17, 15) is 0 Å². The Kier molecular flexibility index (Phi) is 9.89. The Morgan fingerprint density at radius 2 is 0.652 bits per heavy atom. The zero-order valence-electron chi connectivity index (χ0n) is 36.2. The normalized spacial score (nSPS) is 11.3. The molecule has 0 saturated heterocycles. The highest BCUT2D eigenvalue weighted by Crippen LogP contribution is 2.43. The SMILES string of the molecule is c1ccc(-c2cccc(N(c3ccc(-c4ccc(-c5cccc6ccccc56)c(-c5ccccc5)c4)cc3)c3ccc(-c4cccc5c4oc4c(-c6ccccc6)cccc45)cc3)c2)cc1. The van der Waals surface area contributed by atoms with Crippen LogP contribution in [0.3, 0.4) is 0 Å². The lowest BCUT2D eigenvalue weighted by Crippen LogP contribution is -2.10. The number of nitrogens with zero attached hydrogens (tertiary/aromatic N) is 1. The smallest absolute Gasteiger partial charge is 0.143 e. The molecule has 0 bridgehead atoms. The van der Waals surface area contributed by atoms with Crippen LogP contribution in [0.2, 0.25) is 0 Å². The van der Waals surface area contributed by atoms with E-state index in [0.29, 0.717) is 0 Å². The third-order valence-corrected chi connectivity index (χ3v) is 12.9. The van der Waals surface area contributed by atoms with Crippen molar-refractivity contribution in [3.05, 3.63) is 261 Å². The van der Waals surface area contributed by atoms with Gasteiger partial charge >= 0.3 is 0 Å². The molecule has 0 aliphatic heterocycles. The van der Waals surface area contributed by atoms with Crippen molar-refractivity contribution >= 4 is 49.8 Å². The second-order valence-electron chi connectivity index (χ2n) is 16.8. The maximum Gasteiger partial charge on any atom is 0.143 e. The van der Waals surface area contributed by atoms with Crippen LogP contribution in [0.5, 0.6) is 0 Å². The molecule has 0 N–H and O–H groups in total. The largest absolute Gasteiger partial charge is 0.455 e. The van der Waals surface area contributed by atoms with Crippen LogP contribution in [0.25, 0.3) is 99.5 Å². The molecule has 0 spiro atoms. The molecular weight excluding hydrogens is 799 g/mol. The van der Waals surface area contributed by atoms with E-state index in [1.54, 1.807) is 0 Å². The van der Waals surface area contributed by atoms with Crippen LogP contribution < -0.4 is 4.90 Å². The maximum atomic E-state index is 6.81. The Hall–Kier alpha value is -8.72. The number of benzene rings is 11. The van der Waals surface area contributed by atoms with E-state index in [4.69, 9.17) is 4.42 Å². The van der Waals surface area contributed by atoms with E-state index in [-0.39, 0.29) is 0 Å². The van der Waals surface area contributed by atoms with Gasteiger partial charge in [-0.3, -0.25) is 0 Å². The molecule has 0 unspecified atom stereocenters. The molecule has 310 valence electrons. The van der Waals surface area contributed by atoms with E-state index in [1.165, 1.54) is 44.2 Å². The molecule has 0 atom stereocenters. The first-order chi connectivity index (χ1) is 32.7. The Labute approximate surface area is 384 Å². The molecular formula is C64H43NO. The van der Waals surface area contributed by atoms with Gasteiger partial charge in [-0.15, -0.1) is 0 Å². The van der Waals surface area contributed by atoms with Crippen molar-refractivity contribution in [1.82, 2.24) is 0 Å². The molecule has 0 aliphatic rings. The van der Waals surface area contributed by atoms with Crippen LogP contribution in [-0.4, -0.2) is 0 Å². The van der Waals surface area contributed by atoms with Gasteiger partial charge in [-0.05, 0) is 109 Å². The maximum absolute atomic E-state index is 6.81. The predicted molar refractivity (Wildman–Crippen MR) is 279 cm³/mol. The van der Waals surface area contributed by atoms with Crippen molar-refractivity contribution in [3.63, 3.8) is 0 Å². The summed E-state index contributed by atoms with van der Waals surface area (Å²) >= 11 is 0. The molecule has 12 aromatic rings. The number of rotatable bonds is 9. The highest BCUT2D eigenvalue weighted by molar-refractivity contribution is 6.13. The second kappa shape index (κ2) is 16.8. The quantitative estimate of drug-likeness (QED) is 0.144. The molecule has 0 amide bonds. The van der Waals surface area contributed by atoms with Crippen LogP contribution in [0.15, 0.2) is 265 Å². The first-order valence-corrected chi connectivity index (χ1v) is 22.6. The lowest BCUT2D eigenvalue weighted by molar-refractivity contribution is 0.671. The second-order valence-corrected chi connectivity index (χ2v) is 16.8. The van der Waals surface area contributed by atoms with E-state index >= 15 is 0 Å². The van der Waals surface area contributed by atoms with Gasteiger partial charge in [0.1, 0.15) is 11.2 Å². The monoisotopic (exact) mass is 841 g/mol. The number of hydrogen-bond acceptors (Lipinski definition) is 2. The third-order valence-electron chi connectivity index (χ3n) is 12.9. The summed E-state index contributed by atoms with van der Waals surface area (Å²) in [6, 6.07) is 93.7. The molecule has 0 saturated carbocycles. The summed E-state index contributed by atoms with van der Waals surface area (Å²) in [5.41, 5.74) is 19.0. The summed E-state index contributed by atoms with van der Waals surface area (Å²) < 4.78 is 6.81. The van der Waals surface area contributed by atoms with E-state index in [1.807, 2.05) is 0 Å². The molecule has 1 heterocycles. The Morgan fingerprint density at radius 3 is 1.30 bits per heavy atom. The van der Waals surface area contributed by atoms with Crippen LogP contribution in [0.1, 0.15) is 0 Å².